The van der Waals surface area contributed by atoms with E-state index in [1.165, 1.54) is 24.1 Å². The fourth-order valence-corrected chi connectivity index (χ4v) is 2.59. The Hall–Kier alpha value is -1.97. The first-order valence-electron chi connectivity index (χ1n) is 6.39. The van der Waals surface area contributed by atoms with Crippen LogP contribution in [0.5, 0.6) is 0 Å². The highest BCUT2D eigenvalue weighted by molar-refractivity contribution is 5.84. The minimum Gasteiger partial charge on any atom is -0.383 e. The standard InChI is InChI=1S/C14H18N4/c1-17-14(15)12(10-16-17)11-6-2-3-7-13(11)18-8-4-5-9-18/h2-3,6-7,10H,4-5,8-9,15H2,1H3. The van der Waals surface area contributed by atoms with E-state index in [1.807, 2.05) is 13.2 Å². The number of nitrogens with two attached hydrogens (primary N) is 1. The first-order valence-corrected chi connectivity index (χ1v) is 6.39. The van der Waals surface area contributed by atoms with Gasteiger partial charge in [-0.05, 0) is 18.9 Å². The van der Waals surface area contributed by atoms with Gasteiger partial charge in [-0.3, -0.25) is 4.68 Å². The molecule has 2 aromatic rings. The number of anilines is 2. The SMILES string of the molecule is Cn1ncc(-c2ccccc2N2CCCC2)c1N. The Morgan fingerprint density at radius 3 is 2.50 bits per heavy atom. The van der Waals surface area contributed by atoms with Gasteiger partial charge in [0.2, 0.25) is 0 Å². The van der Waals surface area contributed by atoms with Gasteiger partial charge in [-0.2, -0.15) is 5.10 Å². The lowest BCUT2D eigenvalue weighted by Gasteiger charge is -2.21. The largest absolute Gasteiger partial charge is 0.383 e. The predicted octanol–water partition coefficient (Wildman–Crippen LogP) is 2.27. The zero-order valence-corrected chi connectivity index (χ0v) is 10.6. The molecular weight excluding hydrogens is 224 g/mol. The van der Waals surface area contributed by atoms with E-state index in [0.717, 1.165) is 24.5 Å². The van der Waals surface area contributed by atoms with Gasteiger partial charge in [-0.15, -0.1) is 0 Å². The van der Waals surface area contributed by atoms with Crippen molar-refractivity contribution >= 4 is 11.5 Å². The van der Waals surface area contributed by atoms with Crippen LogP contribution < -0.4 is 10.6 Å². The van der Waals surface area contributed by atoms with Crippen molar-refractivity contribution in [2.45, 2.75) is 12.8 Å². The van der Waals surface area contributed by atoms with E-state index >= 15 is 0 Å². The van der Waals surface area contributed by atoms with E-state index in [1.54, 1.807) is 4.68 Å². The first kappa shape index (κ1) is 11.1. The average molecular weight is 242 g/mol. The molecule has 1 aromatic carbocycles. The maximum absolute atomic E-state index is 6.08. The second-order valence-corrected chi connectivity index (χ2v) is 4.78. The zero-order valence-electron chi connectivity index (χ0n) is 10.6. The van der Waals surface area contributed by atoms with Crippen LogP contribution in [0.4, 0.5) is 11.5 Å². The number of nitrogens with zero attached hydrogens (tertiary/aromatic N) is 3. The number of hydrogen-bond acceptors (Lipinski definition) is 3. The lowest BCUT2D eigenvalue weighted by Crippen LogP contribution is -2.18. The van der Waals surface area contributed by atoms with E-state index in [-0.39, 0.29) is 0 Å². The van der Waals surface area contributed by atoms with Gasteiger partial charge in [0.1, 0.15) is 5.82 Å². The monoisotopic (exact) mass is 242 g/mol. The van der Waals surface area contributed by atoms with Crippen molar-refractivity contribution in [3.05, 3.63) is 30.5 Å². The van der Waals surface area contributed by atoms with Crippen LogP contribution in [-0.4, -0.2) is 22.9 Å². The van der Waals surface area contributed by atoms with Gasteiger partial charge in [0.15, 0.2) is 0 Å². The first-order chi connectivity index (χ1) is 8.77. The van der Waals surface area contributed by atoms with Gasteiger partial charge in [0, 0.05) is 37.0 Å². The molecule has 3 rings (SSSR count). The number of rotatable bonds is 2. The molecule has 0 radical (unpaired) electrons. The lowest BCUT2D eigenvalue weighted by molar-refractivity contribution is 0.779. The van der Waals surface area contributed by atoms with Gasteiger partial charge in [0.05, 0.1) is 6.20 Å². The quantitative estimate of drug-likeness (QED) is 0.878. The summed E-state index contributed by atoms with van der Waals surface area (Å²) in [4.78, 5) is 2.43. The van der Waals surface area contributed by atoms with Gasteiger partial charge in [-0.1, -0.05) is 18.2 Å². The third-order valence-electron chi connectivity index (χ3n) is 3.63. The van der Waals surface area contributed by atoms with Crippen LogP contribution in [0, 0.1) is 0 Å². The topological polar surface area (TPSA) is 47.1 Å². The number of para-hydroxylation sites is 1. The Balaban J connectivity index is 2.08. The summed E-state index contributed by atoms with van der Waals surface area (Å²) in [6, 6.07) is 8.44. The fourth-order valence-electron chi connectivity index (χ4n) is 2.59. The molecule has 1 fully saturated rings. The minimum atomic E-state index is 0.724. The summed E-state index contributed by atoms with van der Waals surface area (Å²) in [5.74, 6) is 0.724. The predicted molar refractivity (Wildman–Crippen MR) is 74.5 cm³/mol. The summed E-state index contributed by atoms with van der Waals surface area (Å²) in [5.41, 5.74) is 9.57. The second kappa shape index (κ2) is 4.37. The van der Waals surface area contributed by atoms with Crippen molar-refractivity contribution in [1.29, 1.82) is 0 Å². The minimum absolute atomic E-state index is 0.724. The number of benzene rings is 1. The zero-order chi connectivity index (χ0) is 12.5. The molecule has 4 nitrogen and oxygen atoms in total. The number of hydrogen-bond donors (Lipinski definition) is 1. The number of aryl methyl sites for hydroxylation is 1. The Morgan fingerprint density at radius 1 is 1.11 bits per heavy atom. The Kier molecular flexibility index (Phi) is 2.70. The molecule has 2 N–H and O–H groups in total. The average Bonchev–Trinajstić information content (AvgIpc) is 3.02. The number of aromatic nitrogens is 2. The third kappa shape index (κ3) is 1.74. The van der Waals surface area contributed by atoms with Gasteiger partial charge in [0.25, 0.3) is 0 Å². The van der Waals surface area contributed by atoms with Crippen LogP contribution in [0.1, 0.15) is 12.8 Å². The molecule has 0 amide bonds. The molecule has 0 atom stereocenters. The van der Waals surface area contributed by atoms with Gasteiger partial charge < -0.3 is 10.6 Å². The van der Waals surface area contributed by atoms with E-state index < -0.39 is 0 Å². The normalized spacial score (nSPS) is 15.3. The molecule has 0 bridgehead atoms. The van der Waals surface area contributed by atoms with Crippen LogP contribution in [0.25, 0.3) is 11.1 Å². The number of nitrogen functional groups attached to an aromatic ring is 1. The molecule has 1 aliphatic heterocycles. The summed E-state index contributed by atoms with van der Waals surface area (Å²) in [7, 11) is 1.87. The van der Waals surface area contributed by atoms with Crippen LogP contribution in [0.15, 0.2) is 30.5 Å². The maximum Gasteiger partial charge on any atom is 0.129 e. The molecule has 0 aliphatic carbocycles. The molecule has 0 unspecified atom stereocenters. The molecule has 1 aliphatic rings. The summed E-state index contributed by atoms with van der Waals surface area (Å²) < 4.78 is 1.72. The smallest absolute Gasteiger partial charge is 0.129 e. The van der Waals surface area contributed by atoms with E-state index in [0.29, 0.717) is 0 Å². The van der Waals surface area contributed by atoms with Crippen LogP contribution >= 0.6 is 0 Å². The molecule has 18 heavy (non-hydrogen) atoms. The Morgan fingerprint density at radius 2 is 1.83 bits per heavy atom. The molecule has 94 valence electrons. The summed E-state index contributed by atoms with van der Waals surface area (Å²) in [5, 5.41) is 4.23. The van der Waals surface area contributed by atoms with Crippen molar-refractivity contribution in [3.8, 4) is 11.1 Å². The summed E-state index contributed by atoms with van der Waals surface area (Å²) >= 11 is 0. The van der Waals surface area contributed by atoms with Crippen LogP contribution in [0.2, 0.25) is 0 Å². The van der Waals surface area contributed by atoms with Crippen molar-refractivity contribution in [1.82, 2.24) is 9.78 Å². The van der Waals surface area contributed by atoms with E-state index in [2.05, 4.69) is 34.3 Å². The second-order valence-electron chi connectivity index (χ2n) is 4.78. The Labute approximate surface area is 107 Å². The van der Waals surface area contributed by atoms with Crippen molar-refractivity contribution in [3.63, 3.8) is 0 Å². The van der Waals surface area contributed by atoms with Crippen LogP contribution in [-0.2, 0) is 7.05 Å². The third-order valence-corrected chi connectivity index (χ3v) is 3.63. The highest BCUT2D eigenvalue weighted by atomic mass is 15.3. The summed E-state index contributed by atoms with van der Waals surface area (Å²) in [6.45, 7) is 2.27. The lowest BCUT2D eigenvalue weighted by atomic mass is 10.1. The molecule has 0 saturated carbocycles. The van der Waals surface area contributed by atoms with Crippen molar-refractivity contribution < 1.29 is 0 Å². The van der Waals surface area contributed by atoms with Gasteiger partial charge >= 0.3 is 0 Å². The van der Waals surface area contributed by atoms with Crippen molar-refractivity contribution in [2.75, 3.05) is 23.7 Å². The highest BCUT2D eigenvalue weighted by Crippen LogP contribution is 2.35. The Bertz CT molecular complexity index is 553. The summed E-state index contributed by atoms with van der Waals surface area (Å²) in [6.07, 6.45) is 4.40. The highest BCUT2D eigenvalue weighted by Gasteiger charge is 2.18. The van der Waals surface area contributed by atoms with E-state index in [9.17, 15) is 0 Å². The fraction of sp³-hybridized carbons (Fsp3) is 0.357. The molecule has 1 aromatic heterocycles. The maximum atomic E-state index is 6.08. The van der Waals surface area contributed by atoms with Gasteiger partial charge in [-0.25, -0.2) is 0 Å². The van der Waals surface area contributed by atoms with Crippen LogP contribution in [0.3, 0.4) is 0 Å². The molecule has 0 spiro atoms. The molecule has 2 heterocycles. The molecule has 4 heteroatoms. The molecule has 1 saturated heterocycles. The molecular formula is C14H18N4. The van der Waals surface area contributed by atoms with Crippen molar-refractivity contribution in [2.24, 2.45) is 7.05 Å². The van der Waals surface area contributed by atoms with E-state index in [4.69, 9.17) is 5.73 Å².